The zero-order valence-electron chi connectivity index (χ0n) is 8.38. The van der Waals surface area contributed by atoms with Crippen LogP contribution in [0.5, 0.6) is 5.88 Å². The highest BCUT2D eigenvalue weighted by Gasteiger charge is 2.16. The molecule has 0 saturated heterocycles. The van der Waals surface area contributed by atoms with E-state index in [1.54, 1.807) is 24.5 Å². The summed E-state index contributed by atoms with van der Waals surface area (Å²) in [4.78, 5) is 14.9. The van der Waals surface area contributed by atoms with E-state index in [0.717, 1.165) is 0 Å². The summed E-state index contributed by atoms with van der Waals surface area (Å²) in [6.07, 6.45) is 2.55. The Bertz CT molecular complexity index is 483. The fraction of sp³-hybridized carbons (Fsp3) is 0.111. The quantitative estimate of drug-likeness (QED) is 0.806. The normalized spacial score (nSPS) is 9.81. The molecule has 0 aliphatic rings. The molecule has 7 nitrogen and oxygen atoms in total. The molecular weight excluding hydrogens is 212 g/mol. The van der Waals surface area contributed by atoms with Crippen molar-refractivity contribution in [3.8, 4) is 17.1 Å². The monoisotopic (exact) mass is 220 g/mol. The Labute approximate surface area is 90.4 Å². The molecule has 2 rings (SSSR count). The van der Waals surface area contributed by atoms with Gasteiger partial charge in [-0.1, -0.05) is 0 Å². The SMILES string of the molecule is CNC(=O)Oc1nonc1-c1ccncc1. The Morgan fingerprint density at radius 2 is 2.12 bits per heavy atom. The second kappa shape index (κ2) is 4.39. The van der Waals surface area contributed by atoms with E-state index in [1.165, 1.54) is 7.05 Å². The van der Waals surface area contributed by atoms with Gasteiger partial charge in [0.25, 0.3) is 5.88 Å². The number of carbonyl (C=O) groups excluding carboxylic acids is 1. The molecule has 0 aromatic carbocycles. The summed E-state index contributed by atoms with van der Waals surface area (Å²) in [5.74, 6) is 0.0190. The number of hydrogen-bond acceptors (Lipinski definition) is 6. The highest BCUT2D eigenvalue weighted by atomic mass is 16.6. The maximum Gasteiger partial charge on any atom is 0.413 e. The summed E-state index contributed by atoms with van der Waals surface area (Å²) in [5, 5.41) is 9.44. The number of carbonyl (C=O) groups is 1. The van der Waals surface area contributed by atoms with Crippen molar-refractivity contribution in [2.75, 3.05) is 7.05 Å². The van der Waals surface area contributed by atoms with Gasteiger partial charge in [-0.3, -0.25) is 4.98 Å². The van der Waals surface area contributed by atoms with Crippen molar-refractivity contribution in [2.45, 2.75) is 0 Å². The van der Waals surface area contributed by atoms with Gasteiger partial charge in [-0.05, 0) is 22.4 Å². The van der Waals surface area contributed by atoms with E-state index in [9.17, 15) is 4.79 Å². The van der Waals surface area contributed by atoms with Crippen LogP contribution in [-0.2, 0) is 0 Å². The van der Waals surface area contributed by atoms with E-state index >= 15 is 0 Å². The van der Waals surface area contributed by atoms with Gasteiger partial charge in [0.05, 0.1) is 0 Å². The molecule has 2 aromatic heterocycles. The zero-order chi connectivity index (χ0) is 11.4. The lowest BCUT2D eigenvalue weighted by Crippen LogP contribution is -2.22. The van der Waals surface area contributed by atoms with Gasteiger partial charge < -0.3 is 10.1 Å². The van der Waals surface area contributed by atoms with Crippen LogP contribution in [0.2, 0.25) is 0 Å². The van der Waals surface area contributed by atoms with Crippen LogP contribution < -0.4 is 10.1 Å². The molecule has 0 spiro atoms. The molecule has 7 heteroatoms. The van der Waals surface area contributed by atoms with Crippen LogP contribution in [0.1, 0.15) is 0 Å². The minimum absolute atomic E-state index is 0.0190. The van der Waals surface area contributed by atoms with Crippen LogP contribution in [0.25, 0.3) is 11.3 Å². The molecule has 0 atom stereocenters. The van der Waals surface area contributed by atoms with E-state index in [1.807, 2.05) is 0 Å². The number of rotatable bonds is 2. The lowest BCUT2D eigenvalue weighted by Gasteiger charge is -1.99. The molecule has 0 unspecified atom stereocenters. The van der Waals surface area contributed by atoms with Gasteiger partial charge in [0, 0.05) is 25.0 Å². The van der Waals surface area contributed by atoms with Crippen molar-refractivity contribution in [2.24, 2.45) is 0 Å². The minimum atomic E-state index is -0.633. The maximum atomic E-state index is 11.0. The molecule has 0 saturated carbocycles. The number of nitrogens with one attached hydrogen (secondary N) is 1. The first kappa shape index (κ1) is 10.1. The molecular formula is C9H8N4O3. The Balaban J connectivity index is 2.29. The van der Waals surface area contributed by atoms with Crippen LogP contribution in [-0.4, -0.2) is 28.4 Å². The molecule has 1 N–H and O–H groups in total. The number of nitrogens with zero attached hydrogens (tertiary/aromatic N) is 3. The molecule has 0 fully saturated rings. The second-order valence-electron chi connectivity index (χ2n) is 2.79. The molecule has 0 radical (unpaired) electrons. The highest BCUT2D eigenvalue weighted by Crippen LogP contribution is 2.25. The molecule has 0 aliphatic heterocycles. The number of pyridine rings is 1. The van der Waals surface area contributed by atoms with Crippen molar-refractivity contribution in [3.63, 3.8) is 0 Å². The first-order valence-corrected chi connectivity index (χ1v) is 4.44. The average Bonchev–Trinajstić information content (AvgIpc) is 2.78. The van der Waals surface area contributed by atoms with Crippen LogP contribution >= 0.6 is 0 Å². The van der Waals surface area contributed by atoms with Crippen molar-refractivity contribution < 1.29 is 14.2 Å². The lowest BCUT2D eigenvalue weighted by molar-refractivity contribution is 0.196. The molecule has 1 amide bonds. The minimum Gasteiger partial charge on any atom is -0.385 e. The van der Waals surface area contributed by atoms with E-state index in [-0.39, 0.29) is 5.88 Å². The zero-order valence-corrected chi connectivity index (χ0v) is 8.38. The summed E-state index contributed by atoms with van der Waals surface area (Å²) >= 11 is 0. The number of hydrogen-bond donors (Lipinski definition) is 1. The Morgan fingerprint density at radius 3 is 2.81 bits per heavy atom. The molecule has 82 valence electrons. The smallest absolute Gasteiger partial charge is 0.385 e. The van der Waals surface area contributed by atoms with Gasteiger partial charge in [-0.2, -0.15) is 0 Å². The van der Waals surface area contributed by atoms with Gasteiger partial charge in [-0.25, -0.2) is 9.42 Å². The fourth-order valence-corrected chi connectivity index (χ4v) is 1.07. The highest BCUT2D eigenvalue weighted by molar-refractivity contribution is 5.73. The average molecular weight is 220 g/mol. The molecule has 0 bridgehead atoms. The largest absolute Gasteiger partial charge is 0.413 e. The third-order valence-electron chi connectivity index (χ3n) is 1.81. The lowest BCUT2D eigenvalue weighted by atomic mass is 10.2. The van der Waals surface area contributed by atoms with Crippen LogP contribution in [0, 0.1) is 0 Å². The van der Waals surface area contributed by atoms with Crippen molar-refractivity contribution in [1.29, 1.82) is 0 Å². The van der Waals surface area contributed by atoms with E-state index in [0.29, 0.717) is 11.3 Å². The van der Waals surface area contributed by atoms with E-state index in [4.69, 9.17) is 4.74 Å². The first-order chi connectivity index (χ1) is 7.81. The van der Waals surface area contributed by atoms with E-state index in [2.05, 4.69) is 25.2 Å². The van der Waals surface area contributed by atoms with Crippen molar-refractivity contribution >= 4 is 6.09 Å². The predicted molar refractivity (Wildman–Crippen MR) is 52.6 cm³/mol. The Kier molecular flexibility index (Phi) is 2.77. The van der Waals surface area contributed by atoms with E-state index < -0.39 is 6.09 Å². The van der Waals surface area contributed by atoms with Gasteiger partial charge in [0.15, 0.2) is 5.69 Å². The van der Waals surface area contributed by atoms with Gasteiger partial charge in [0.1, 0.15) is 0 Å². The third kappa shape index (κ3) is 1.97. The Hall–Kier alpha value is -2.44. The predicted octanol–water partition coefficient (Wildman–Crippen LogP) is 0.850. The number of ether oxygens (including phenoxy) is 1. The van der Waals surface area contributed by atoms with Crippen LogP contribution in [0.4, 0.5) is 4.79 Å². The molecule has 2 aromatic rings. The van der Waals surface area contributed by atoms with Crippen molar-refractivity contribution in [3.05, 3.63) is 24.5 Å². The summed E-state index contributed by atoms with van der Waals surface area (Å²) in [6, 6.07) is 3.41. The third-order valence-corrected chi connectivity index (χ3v) is 1.81. The van der Waals surface area contributed by atoms with Crippen molar-refractivity contribution in [1.82, 2.24) is 20.6 Å². The summed E-state index contributed by atoms with van der Waals surface area (Å²) in [5.41, 5.74) is 1.06. The summed E-state index contributed by atoms with van der Waals surface area (Å²) in [7, 11) is 1.45. The molecule has 2 heterocycles. The van der Waals surface area contributed by atoms with Gasteiger partial charge in [-0.15, -0.1) is 0 Å². The number of aromatic nitrogens is 3. The fourth-order valence-electron chi connectivity index (χ4n) is 1.07. The second-order valence-corrected chi connectivity index (χ2v) is 2.79. The standard InChI is InChI=1S/C9H8N4O3/c1-10-9(14)15-8-7(12-16-13-8)6-2-4-11-5-3-6/h2-5H,1H3,(H,10,14). The summed E-state index contributed by atoms with van der Waals surface area (Å²) < 4.78 is 9.37. The van der Waals surface area contributed by atoms with Crippen LogP contribution in [0.3, 0.4) is 0 Å². The van der Waals surface area contributed by atoms with Crippen LogP contribution in [0.15, 0.2) is 29.2 Å². The van der Waals surface area contributed by atoms with Gasteiger partial charge in [0.2, 0.25) is 0 Å². The number of amides is 1. The molecule has 16 heavy (non-hydrogen) atoms. The first-order valence-electron chi connectivity index (χ1n) is 4.44. The maximum absolute atomic E-state index is 11.0. The topological polar surface area (TPSA) is 90.1 Å². The Morgan fingerprint density at radius 1 is 1.38 bits per heavy atom. The van der Waals surface area contributed by atoms with Gasteiger partial charge >= 0.3 is 6.09 Å². The molecule has 0 aliphatic carbocycles. The summed E-state index contributed by atoms with van der Waals surface area (Å²) in [6.45, 7) is 0.